The average molecular weight is 535 g/mol. The summed E-state index contributed by atoms with van der Waals surface area (Å²) in [5.41, 5.74) is 4.92. The number of amides is 1. The topological polar surface area (TPSA) is 57.7 Å². The summed E-state index contributed by atoms with van der Waals surface area (Å²) < 4.78 is 5.32. The van der Waals surface area contributed by atoms with E-state index < -0.39 is 0 Å². The third-order valence-electron chi connectivity index (χ3n) is 7.11. The summed E-state index contributed by atoms with van der Waals surface area (Å²) in [6, 6.07) is 30.8. The molecule has 1 aromatic heterocycles. The molecule has 0 unspecified atom stereocenters. The molecule has 5 aromatic rings. The van der Waals surface area contributed by atoms with Gasteiger partial charge in [-0.3, -0.25) is 4.79 Å². The molecule has 0 radical (unpaired) electrons. The van der Waals surface area contributed by atoms with Gasteiger partial charge < -0.3 is 19.9 Å². The van der Waals surface area contributed by atoms with Crippen molar-refractivity contribution in [3.05, 3.63) is 108 Å². The minimum atomic E-state index is 0.0954. The highest BCUT2D eigenvalue weighted by atomic mass is 32.1. The molecule has 39 heavy (non-hydrogen) atoms. The summed E-state index contributed by atoms with van der Waals surface area (Å²) in [5.74, 6) is 0.920. The van der Waals surface area contributed by atoms with Gasteiger partial charge in [-0.25, -0.2) is 4.98 Å². The first-order valence-corrected chi connectivity index (χ1v) is 14.0. The Labute approximate surface area is 232 Å². The Hall–Kier alpha value is -4.20. The summed E-state index contributed by atoms with van der Waals surface area (Å²) in [4.78, 5) is 22.2. The maximum Gasteiger partial charge on any atom is 0.253 e. The zero-order valence-electron chi connectivity index (χ0n) is 21.8. The van der Waals surface area contributed by atoms with Crippen molar-refractivity contribution in [1.82, 2.24) is 15.2 Å². The SMILES string of the molecule is COc1ccc(-c2csc(N(Cc3ccc(C(=O)N4CCNCC4)cc3)c3cccc4ccccc34)n2)cc1. The van der Waals surface area contributed by atoms with Crippen LogP contribution < -0.4 is 15.0 Å². The van der Waals surface area contributed by atoms with Crippen LogP contribution in [0.15, 0.2) is 96.4 Å². The predicted molar refractivity (Wildman–Crippen MR) is 159 cm³/mol. The number of carbonyl (C=O) groups excluding carboxylic acids is 1. The molecule has 0 saturated carbocycles. The lowest BCUT2D eigenvalue weighted by Gasteiger charge is -2.27. The second kappa shape index (κ2) is 11.3. The van der Waals surface area contributed by atoms with Crippen LogP contribution in [0.1, 0.15) is 15.9 Å². The lowest BCUT2D eigenvalue weighted by Crippen LogP contribution is -2.46. The molecule has 0 bridgehead atoms. The van der Waals surface area contributed by atoms with E-state index in [1.54, 1.807) is 18.4 Å². The number of methoxy groups -OCH3 is 1. The molecule has 0 atom stereocenters. The van der Waals surface area contributed by atoms with E-state index in [1.807, 2.05) is 41.3 Å². The molecule has 1 aliphatic rings. The molecule has 0 aliphatic carbocycles. The molecule has 6 nitrogen and oxygen atoms in total. The van der Waals surface area contributed by atoms with E-state index in [9.17, 15) is 4.79 Å². The van der Waals surface area contributed by atoms with Crippen molar-refractivity contribution in [1.29, 1.82) is 0 Å². The molecule has 1 aliphatic heterocycles. The van der Waals surface area contributed by atoms with Crippen LogP contribution in [0.4, 0.5) is 10.8 Å². The Balaban J connectivity index is 1.33. The lowest BCUT2D eigenvalue weighted by molar-refractivity contribution is 0.0736. The van der Waals surface area contributed by atoms with Gasteiger partial charge in [0.2, 0.25) is 0 Å². The molecule has 2 heterocycles. The monoisotopic (exact) mass is 534 g/mol. The average Bonchev–Trinajstić information content (AvgIpc) is 3.50. The van der Waals surface area contributed by atoms with Crippen LogP contribution in [-0.2, 0) is 6.54 Å². The number of carbonyl (C=O) groups is 1. The van der Waals surface area contributed by atoms with Crippen molar-refractivity contribution in [2.24, 2.45) is 0 Å². The number of ether oxygens (including phenoxy) is 1. The number of fused-ring (bicyclic) bond motifs is 1. The van der Waals surface area contributed by atoms with Crippen LogP contribution >= 0.6 is 11.3 Å². The van der Waals surface area contributed by atoms with Crippen molar-refractivity contribution < 1.29 is 9.53 Å². The van der Waals surface area contributed by atoms with E-state index in [2.05, 4.69) is 70.2 Å². The van der Waals surface area contributed by atoms with Crippen LogP contribution in [0.25, 0.3) is 22.0 Å². The second-order valence-electron chi connectivity index (χ2n) is 9.57. The predicted octanol–water partition coefficient (Wildman–Crippen LogP) is 6.36. The number of rotatable bonds is 7. The van der Waals surface area contributed by atoms with Crippen molar-refractivity contribution in [3.8, 4) is 17.0 Å². The zero-order valence-corrected chi connectivity index (χ0v) is 22.7. The Morgan fingerprint density at radius 3 is 2.46 bits per heavy atom. The van der Waals surface area contributed by atoms with E-state index in [0.29, 0.717) is 6.54 Å². The van der Waals surface area contributed by atoms with Crippen LogP contribution in [0.5, 0.6) is 5.75 Å². The number of anilines is 2. The second-order valence-corrected chi connectivity index (χ2v) is 10.4. The Morgan fingerprint density at radius 2 is 1.69 bits per heavy atom. The summed E-state index contributed by atoms with van der Waals surface area (Å²) in [6.45, 7) is 3.81. The Bertz CT molecular complexity index is 1570. The van der Waals surface area contributed by atoms with Crippen molar-refractivity contribution >= 4 is 38.8 Å². The molecular weight excluding hydrogens is 504 g/mol. The van der Waals surface area contributed by atoms with Gasteiger partial charge in [0.25, 0.3) is 5.91 Å². The lowest BCUT2D eigenvalue weighted by atomic mass is 10.1. The molecule has 1 N–H and O–H groups in total. The van der Waals surface area contributed by atoms with Crippen molar-refractivity contribution in [2.45, 2.75) is 6.54 Å². The number of piperazine rings is 1. The Kier molecular flexibility index (Phi) is 7.25. The van der Waals surface area contributed by atoms with Crippen molar-refractivity contribution in [3.63, 3.8) is 0 Å². The highest BCUT2D eigenvalue weighted by molar-refractivity contribution is 7.14. The first-order chi connectivity index (χ1) is 19.2. The van der Waals surface area contributed by atoms with Gasteiger partial charge in [-0.15, -0.1) is 11.3 Å². The van der Waals surface area contributed by atoms with Crippen LogP contribution in [0.3, 0.4) is 0 Å². The third kappa shape index (κ3) is 5.37. The molecule has 1 amide bonds. The Morgan fingerprint density at radius 1 is 0.949 bits per heavy atom. The fraction of sp³-hybridized carbons (Fsp3) is 0.188. The zero-order chi connectivity index (χ0) is 26.6. The van der Waals surface area contributed by atoms with Crippen LogP contribution in [0, 0.1) is 0 Å². The smallest absolute Gasteiger partial charge is 0.253 e. The van der Waals surface area contributed by atoms with Gasteiger partial charge in [0.05, 0.1) is 25.0 Å². The first-order valence-electron chi connectivity index (χ1n) is 13.1. The number of thiazole rings is 1. The minimum absolute atomic E-state index is 0.0954. The minimum Gasteiger partial charge on any atom is -0.497 e. The van der Waals surface area contributed by atoms with Crippen LogP contribution in [-0.4, -0.2) is 49.1 Å². The quantitative estimate of drug-likeness (QED) is 0.264. The molecule has 6 rings (SSSR count). The summed E-state index contributed by atoms with van der Waals surface area (Å²) in [6.07, 6.45) is 0. The normalized spacial score (nSPS) is 13.4. The fourth-order valence-electron chi connectivity index (χ4n) is 4.97. The summed E-state index contributed by atoms with van der Waals surface area (Å²) in [7, 11) is 1.67. The summed E-state index contributed by atoms with van der Waals surface area (Å²) in [5, 5.41) is 8.68. The number of nitrogens with one attached hydrogen (secondary N) is 1. The molecular formula is C32H30N4O2S. The highest BCUT2D eigenvalue weighted by Crippen LogP contribution is 2.37. The van der Waals surface area contributed by atoms with E-state index in [1.165, 1.54) is 10.8 Å². The van der Waals surface area contributed by atoms with Gasteiger partial charge in [-0.2, -0.15) is 0 Å². The van der Waals surface area contributed by atoms with Gasteiger partial charge in [-0.1, -0.05) is 48.5 Å². The highest BCUT2D eigenvalue weighted by Gasteiger charge is 2.20. The van der Waals surface area contributed by atoms with E-state index in [4.69, 9.17) is 9.72 Å². The van der Waals surface area contributed by atoms with Gasteiger partial charge in [0.15, 0.2) is 5.13 Å². The molecule has 7 heteroatoms. The number of hydrogen-bond acceptors (Lipinski definition) is 6. The largest absolute Gasteiger partial charge is 0.497 e. The summed E-state index contributed by atoms with van der Waals surface area (Å²) >= 11 is 1.63. The van der Waals surface area contributed by atoms with E-state index >= 15 is 0 Å². The maximum atomic E-state index is 13.0. The van der Waals surface area contributed by atoms with Gasteiger partial charge >= 0.3 is 0 Å². The molecule has 4 aromatic carbocycles. The molecule has 1 saturated heterocycles. The van der Waals surface area contributed by atoms with Crippen molar-refractivity contribution in [2.75, 3.05) is 38.2 Å². The fourth-order valence-corrected chi connectivity index (χ4v) is 5.81. The van der Waals surface area contributed by atoms with Gasteiger partial charge in [-0.05, 0) is 53.4 Å². The standard InChI is InChI=1S/C32H30N4O2S/c1-38-27-15-13-25(14-16-27)29-22-39-32(34-29)36(30-8-4-6-24-5-2-3-7-28(24)30)21-23-9-11-26(12-10-23)31(37)35-19-17-33-18-20-35/h2-16,22,33H,17-21H2,1H3. The maximum absolute atomic E-state index is 13.0. The number of nitrogens with zero attached hydrogens (tertiary/aromatic N) is 3. The number of aromatic nitrogens is 1. The molecule has 0 spiro atoms. The van der Waals surface area contributed by atoms with Gasteiger partial charge in [0, 0.05) is 48.1 Å². The van der Waals surface area contributed by atoms with E-state index in [-0.39, 0.29) is 5.91 Å². The number of benzene rings is 4. The van der Waals surface area contributed by atoms with Gasteiger partial charge in [0.1, 0.15) is 5.75 Å². The van der Waals surface area contributed by atoms with E-state index in [0.717, 1.165) is 65.1 Å². The number of hydrogen-bond donors (Lipinski definition) is 1. The third-order valence-corrected chi connectivity index (χ3v) is 7.98. The van der Waals surface area contributed by atoms with Crippen LogP contribution in [0.2, 0.25) is 0 Å². The molecule has 1 fully saturated rings. The first kappa shape index (κ1) is 25.1. The molecule has 196 valence electrons.